The maximum absolute atomic E-state index is 13.0. The molecule has 0 atom stereocenters. The minimum absolute atomic E-state index is 0.0109. The van der Waals surface area contributed by atoms with Gasteiger partial charge in [0.15, 0.2) is 15.8 Å². The van der Waals surface area contributed by atoms with Crippen molar-refractivity contribution in [1.82, 2.24) is 10.4 Å². The molecule has 2 aromatic carbocycles. The quantitative estimate of drug-likeness (QED) is 0.156. The van der Waals surface area contributed by atoms with Crippen molar-refractivity contribution in [3.05, 3.63) is 84.9 Å². The van der Waals surface area contributed by atoms with Crippen molar-refractivity contribution in [2.24, 2.45) is 0 Å². The molecule has 2 heterocycles. The number of nitrogens with one attached hydrogen (secondary N) is 1. The highest BCUT2D eigenvalue weighted by Gasteiger charge is 2.35. The van der Waals surface area contributed by atoms with Gasteiger partial charge in [-0.1, -0.05) is 23.9 Å². The van der Waals surface area contributed by atoms with Gasteiger partial charge in [-0.15, -0.1) is 11.3 Å². The van der Waals surface area contributed by atoms with E-state index < -0.39 is 39.9 Å². The van der Waals surface area contributed by atoms with Crippen molar-refractivity contribution in [3.8, 4) is 17.2 Å². The largest absolute Gasteiger partial charge is 0.493 e. The van der Waals surface area contributed by atoms with Crippen LogP contribution in [-0.2, 0) is 11.0 Å². The van der Waals surface area contributed by atoms with Crippen LogP contribution in [0.2, 0.25) is 0 Å². The summed E-state index contributed by atoms with van der Waals surface area (Å²) >= 11 is 7.38. The fraction of sp³-hybridized carbons (Fsp3) is 0.0870. The molecule has 1 aliphatic rings. The van der Waals surface area contributed by atoms with Gasteiger partial charge in [-0.25, -0.2) is 0 Å². The summed E-state index contributed by atoms with van der Waals surface area (Å²) in [6, 6.07) is 9.54. The number of carbonyl (C=O) groups excluding carboxylic acids is 2. The number of carbonyl (C=O) groups is 2. The van der Waals surface area contributed by atoms with Gasteiger partial charge >= 0.3 is 11.9 Å². The molecule has 0 radical (unpaired) electrons. The predicted molar refractivity (Wildman–Crippen MR) is 138 cm³/mol. The fourth-order valence-corrected chi connectivity index (χ4v) is 4.97. The molecule has 0 saturated carbocycles. The number of hydrogen-bond donors (Lipinski definition) is 1. The van der Waals surface area contributed by atoms with Crippen LogP contribution in [0.3, 0.4) is 0 Å². The van der Waals surface area contributed by atoms with Crippen molar-refractivity contribution >= 4 is 63.2 Å². The second-order valence-corrected chi connectivity index (χ2v) is 10.0. The number of thioether (sulfide) groups is 1. The van der Waals surface area contributed by atoms with Gasteiger partial charge in [0.05, 0.1) is 27.4 Å². The van der Waals surface area contributed by atoms with E-state index in [4.69, 9.17) is 21.7 Å². The van der Waals surface area contributed by atoms with Crippen LogP contribution in [-0.4, -0.2) is 33.2 Å². The van der Waals surface area contributed by atoms with E-state index in [9.17, 15) is 32.9 Å². The third-order valence-corrected chi connectivity index (χ3v) is 7.11. The van der Waals surface area contributed by atoms with Gasteiger partial charge in [0.25, 0.3) is 11.8 Å². The first-order valence-electron chi connectivity index (χ1n) is 10.3. The molecule has 1 fully saturated rings. The van der Waals surface area contributed by atoms with Gasteiger partial charge in [-0.3, -0.25) is 25.1 Å². The number of benzene rings is 2. The monoisotopic (exact) mass is 581 g/mol. The van der Waals surface area contributed by atoms with Crippen LogP contribution >= 0.6 is 35.3 Å². The first-order valence-corrected chi connectivity index (χ1v) is 12.4. The van der Waals surface area contributed by atoms with Gasteiger partial charge in [0.2, 0.25) is 5.75 Å². The number of rotatable bonds is 7. The second-order valence-electron chi connectivity index (χ2n) is 7.39. The first-order chi connectivity index (χ1) is 18.0. The Morgan fingerprint density at radius 3 is 2.53 bits per heavy atom. The van der Waals surface area contributed by atoms with Crippen molar-refractivity contribution in [2.45, 2.75) is 6.18 Å². The molecule has 0 aliphatic carbocycles. The van der Waals surface area contributed by atoms with Gasteiger partial charge in [0, 0.05) is 6.07 Å². The molecule has 0 bridgehead atoms. The molecule has 196 valence electrons. The van der Waals surface area contributed by atoms with E-state index in [1.54, 1.807) is 17.5 Å². The van der Waals surface area contributed by atoms with E-state index in [1.165, 1.54) is 42.7 Å². The van der Waals surface area contributed by atoms with Gasteiger partial charge < -0.3 is 9.47 Å². The summed E-state index contributed by atoms with van der Waals surface area (Å²) in [6.07, 6.45) is -3.28. The Morgan fingerprint density at radius 2 is 1.89 bits per heavy atom. The summed E-state index contributed by atoms with van der Waals surface area (Å²) in [5.74, 6) is -1.38. The van der Waals surface area contributed by atoms with E-state index >= 15 is 0 Å². The molecule has 1 aromatic heterocycles. The van der Waals surface area contributed by atoms with Crippen LogP contribution in [0.25, 0.3) is 6.08 Å². The Labute approximate surface area is 226 Å². The third-order valence-electron chi connectivity index (χ3n) is 4.94. The SMILES string of the molecule is COc1cc(/C=C2/SC(=S)N(NC(=O)c3cccs3)C2=O)ccc1Oc1ccc(C(F)(F)F)cc1[N+](=O)[O-]. The number of nitrogens with zero attached hydrogens (tertiary/aromatic N) is 2. The molecule has 0 unspecified atom stereocenters. The summed E-state index contributed by atoms with van der Waals surface area (Å²) in [6.45, 7) is 0. The molecule has 9 nitrogen and oxygen atoms in total. The molecule has 2 amide bonds. The molecule has 38 heavy (non-hydrogen) atoms. The summed E-state index contributed by atoms with van der Waals surface area (Å²) in [5.41, 5.74) is 0.857. The van der Waals surface area contributed by atoms with E-state index in [1.807, 2.05) is 0 Å². The Kier molecular flexibility index (Phi) is 7.71. The van der Waals surface area contributed by atoms with Crippen molar-refractivity contribution < 1.29 is 37.2 Å². The summed E-state index contributed by atoms with van der Waals surface area (Å²) in [4.78, 5) is 36.1. The lowest BCUT2D eigenvalue weighted by Crippen LogP contribution is -2.44. The second kappa shape index (κ2) is 10.8. The number of thiocarbonyl (C=S) groups is 1. The smallest absolute Gasteiger partial charge is 0.416 e. The minimum Gasteiger partial charge on any atom is -0.493 e. The highest BCUT2D eigenvalue weighted by molar-refractivity contribution is 8.26. The lowest BCUT2D eigenvalue weighted by atomic mass is 10.1. The van der Waals surface area contributed by atoms with Crippen LogP contribution < -0.4 is 14.9 Å². The highest BCUT2D eigenvalue weighted by atomic mass is 32.2. The zero-order valence-corrected chi connectivity index (χ0v) is 21.4. The zero-order valence-electron chi connectivity index (χ0n) is 19.0. The third kappa shape index (κ3) is 5.79. The van der Waals surface area contributed by atoms with E-state index in [-0.39, 0.29) is 20.7 Å². The Balaban J connectivity index is 1.56. The van der Waals surface area contributed by atoms with Crippen molar-refractivity contribution in [2.75, 3.05) is 7.11 Å². The molecule has 4 rings (SSSR count). The maximum Gasteiger partial charge on any atom is 0.416 e. The van der Waals surface area contributed by atoms with Crippen LogP contribution in [0, 0.1) is 10.1 Å². The van der Waals surface area contributed by atoms with Gasteiger partial charge in [-0.05, 0) is 59.6 Å². The maximum atomic E-state index is 13.0. The summed E-state index contributed by atoms with van der Waals surface area (Å²) < 4.78 is 49.8. The topological polar surface area (TPSA) is 111 Å². The molecule has 15 heteroatoms. The number of halogens is 3. The Morgan fingerprint density at radius 1 is 1.16 bits per heavy atom. The van der Waals surface area contributed by atoms with E-state index in [0.717, 1.165) is 22.8 Å². The number of thiophene rings is 1. The number of nitro groups is 1. The van der Waals surface area contributed by atoms with E-state index in [2.05, 4.69) is 5.43 Å². The normalized spacial score (nSPS) is 14.6. The number of alkyl halides is 3. The van der Waals surface area contributed by atoms with Gasteiger partial charge in [0.1, 0.15) is 0 Å². The highest BCUT2D eigenvalue weighted by Crippen LogP contribution is 2.41. The first kappa shape index (κ1) is 27.1. The number of nitro benzene ring substituents is 1. The van der Waals surface area contributed by atoms with Crippen molar-refractivity contribution in [3.63, 3.8) is 0 Å². The van der Waals surface area contributed by atoms with E-state index in [0.29, 0.717) is 22.6 Å². The molecule has 0 spiro atoms. The van der Waals surface area contributed by atoms with Crippen LogP contribution in [0.4, 0.5) is 18.9 Å². The standard InChI is InChI=1S/C23H14F3N3O6S3/c1-34-17-9-12(10-19-21(31)28(22(36)38-19)27-20(30)18-3-2-8-37-18)4-6-16(17)35-15-7-5-13(23(24,25)26)11-14(15)29(32)33/h2-11H,1H3,(H,27,30)/b19-10+. The average Bonchev–Trinajstić information content (AvgIpc) is 3.49. The molecule has 1 saturated heterocycles. The van der Waals surface area contributed by atoms with Crippen LogP contribution in [0.5, 0.6) is 17.2 Å². The van der Waals surface area contributed by atoms with Gasteiger partial charge in [-0.2, -0.15) is 18.2 Å². The fourth-order valence-electron chi connectivity index (χ4n) is 3.18. The average molecular weight is 582 g/mol. The number of hydrazine groups is 1. The number of hydrogen-bond acceptors (Lipinski definition) is 9. The zero-order chi connectivity index (χ0) is 27.6. The lowest BCUT2D eigenvalue weighted by Gasteiger charge is -2.14. The molecular formula is C23H14F3N3O6S3. The van der Waals surface area contributed by atoms with Crippen molar-refractivity contribution in [1.29, 1.82) is 0 Å². The molecule has 3 aromatic rings. The number of ether oxygens (including phenoxy) is 2. The Hall–Kier alpha value is -3.95. The number of amides is 2. The molecular weight excluding hydrogens is 567 g/mol. The summed E-state index contributed by atoms with van der Waals surface area (Å²) in [5, 5.41) is 14.0. The minimum atomic E-state index is -4.77. The number of methoxy groups -OCH3 is 1. The summed E-state index contributed by atoms with van der Waals surface area (Å²) in [7, 11) is 1.30. The van der Waals surface area contributed by atoms with Crippen LogP contribution in [0.15, 0.2) is 58.8 Å². The molecule has 1 aliphatic heterocycles. The lowest BCUT2D eigenvalue weighted by molar-refractivity contribution is -0.385. The predicted octanol–water partition coefficient (Wildman–Crippen LogP) is 6.02. The molecule has 1 N–H and O–H groups in total. The van der Waals surface area contributed by atoms with Crippen LogP contribution in [0.1, 0.15) is 20.8 Å². The Bertz CT molecular complexity index is 1470.